The minimum atomic E-state index is -0.835. The number of hydrogen-bond donors (Lipinski definition) is 1. The molecule has 1 heterocycles. The second-order valence-electron chi connectivity index (χ2n) is 4.16. The van der Waals surface area contributed by atoms with E-state index in [4.69, 9.17) is 27.9 Å². The molecule has 5 heteroatoms. The standard InChI is InChI=1S/C14H14Cl2O2S/c1-3-18-11-5-4-8(2)6-9(11)13(17)10-7-12(15)19-14(10)16/h4-7,13,17H,3H2,1-2H3. The minimum absolute atomic E-state index is 0.501. The summed E-state index contributed by atoms with van der Waals surface area (Å²) in [7, 11) is 0. The summed E-state index contributed by atoms with van der Waals surface area (Å²) in [4.78, 5) is 0. The van der Waals surface area contributed by atoms with E-state index in [0.29, 0.717) is 32.2 Å². The van der Waals surface area contributed by atoms with E-state index >= 15 is 0 Å². The van der Waals surface area contributed by atoms with E-state index in [1.165, 1.54) is 11.3 Å². The molecule has 0 spiro atoms. The van der Waals surface area contributed by atoms with Gasteiger partial charge in [-0.05, 0) is 32.0 Å². The molecule has 0 saturated heterocycles. The van der Waals surface area contributed by atoms with Crippen LogP contribution in [0.1, 0.15) is 29.7 Å². The molecular formula is C14H14Cl2O2S. The summed E-state index contributed by atoms with van der Waals surface area (Å²) < 4.78 is 6.61. The average molecular weight is 317 g/mol. The fourth-order valence-electron chi connectivity index (χ4n) is 1.88. The highest BCUT2D eigenvalue weighted by Crippen LogP contribution is 2.39. The second-order valence-corrected chi connectivity index (χ2v) is 6.44. The van der Waals surface area contributed by atoms with E-state index in [1.807, 2.05) is 32.0 Å². The van der Waals surface area contributed by atoms with Crippen molar-refractivity contribution in [1.82, 2.24) is 0 Å². The number of halogens is 2. The highest BCUT2D eigenvalue weighted by molar-refractivity contribution is 7.20. The third-order valence-corrected chi connectivity index (χ3v) is 4.26. The first-order valence-corrected chi connectivity index (χ1v) is 7.46. The fraction of sp³-hybridized carbons (Fsp3) is 0.286. The van der Waals surface area contributed by atoms with Crippen LogP contribution < -0.4 is 4.74 Å². The van der Waals surface area contributed by atoms with Gasteiger partial charge < -0.3 is 9.84 Å². The third-order valence-electron chi connectivity index (χ3n) is 2.74. The molecule has 0 saturated carbocycles. The lowest BCUT2D eigenvalue weighted by Crippen LogP contribution is -2.04. The van der Waals surface area contributed by atoms with E-state index in [2.05, 4.69) is 0 Å². The van der Waals surface area contributed by atoms with E-state index < -0.39 is 6.10 Å². The smallest absolute Gasteiger partial charge is 0.125 e. The van der Waals surface area contributed by atoms with Gasteiger partial charge in [-0.2, -0.15) is 0 Å². The first-order chi connectivity index (χ1) is 9.02. The van der Waals surface area contributed by atoms with Crippen LogP contribution in [0.15, 0.2) is 24.3 Å². The number of thiophene rings is 1. The zero-order chi connectivity index (χ0) is 14.0. The van der Waals surface area contributed by atoms with Crippen molar-refractivity contribution in [2.45, 2.75) is 20.0 Å². The van der Waals surface area contributed by atoms with Crippen LogP contribution >= 0.6 is 34.5 Å². The Bertz CT molecular complexity index is 581. The van der Waals surface area contributed by atoms with Crippen LogP contribution in [-0.2, 0) is 0 Å². The van der Waals surface area contributed by atoms with Crippen molar-refractivity contribution in [2.75, 3.05) is 6.61 Å². The van der Waals surface area contributed by atoms with E-state index in [9.17, 15) is 5.11 Å². The van der Waals surface area contributed by atoms with Crippen molar-refractivity contribution in [1.29, 1.82) is 0 Å². The Morgan fingerprint density at radius 3 is 2.58 bits per heavy atom. The zero-order valence-corrected chi connectivity index (χ0v) is 12.9. The first-order valence-electron chi connectivity index (χ1n) is 5.89. The molecular weight excluding hydrogens is 303 g/mol. The molecule has 0 fully saturated rings. The molecule has 2 nitrogen and oxygen atoms in total. The van der Waals surface area contributed by atoms with Crippen LogP contribution in [0.2, 0.25) is 8.67 Å². The first kappa shape index (κ1) is 14.7. The Morgan fingerprint density at radius 1 is 1.26 bits per heavy atom. The lowest BCUT2D eigenvalue weighted by Gasteiger charge is -2.16. The van der Waals surface area contributed by atoms with Crippen molar-refractivity contribution < 1.29 is 9.84 Å². The summed E-state index contributed by atoms with van der Waals surface area (Å²) in [5, 5.41) is 10.5. The molecule has 102 valence electrons. The second kappa shape index (κ2) is 6.14. The molecule has 2 rings (SSSR count). The summed E-state index contributed by atoms with van der Waals surface area (Å²) in [6.45, 7) is 4.42. The molecule has 1 unspecified atom stereocenters. The Balaban J connectivity index is 2.45. The van der Waals surface area contributed by atoms with Gasteiger partial charge in [0.15, 0.2) is 0 Å². The molecule has 19 heavy (non-hydrogen) atoms. The maximum Gasteiger partial charge on any atom is 0.125 e. The Kier molecular flexibility index (Phi) is 4.74. The molecule has 0 aliphatic heterocycles. The number of ether oxygens (including phenoxy) is 1. The number of aliphatic hydroxyl groups is 1. The molecule has 1 N–H and O–H groups in total. The molecule has 0 aliphatic rings. The molecule has 0 amide bonds. The van der Waals surface area contributed by atoms with Gasteiger partial charge in [-0.15, -0.1) is 11.3 Å². The van der Waals surface area contributed by atoms with Gasteiger partial charge >= 0.3 is 0 Å². The summed E-state index contributed by atoms with van der Waals surface area (Å²) in [5.74, 6) is 0.666. The van der Waals surface area contributed by atoms with Gasteiger partial charge in [-0.1, -0.05) is 34.8 Å². The fourth-order valence-corrected chi connectivity index (χ4v) is 3.40. The van der Waals surface area contributed by atoms with Crippen LogP contribution in [0.25, 0.3) is 0 Å². The molecule has 1 atom stereocenters. The van der Waals surface area contributed by atoms with Crippen LogP contribution in [0.4, 0.5) is 0 Å². The van der Waals surface area contributed by atoms with Gasteiger partial charge in [0.05, 0.1) is 10.9 Å². The number of aryl methyl sites for hydroxylation is 1. The Hall–Kier alpha value is -0.740. The SMILES string of the molecule is CCOc1ccc(C)cc1C(O)c1cc(Cl)sc1Cl. The lowest BCUT2D eigenvalue weighted by atomic mass is 10.0. The van der Waals surface area contributed by atoms with Crippen molar-refractivity contribution in [3.05, 3.63) is 49.6 Å². The summed E-state index contributed by atoms with van der Waals surface area (Å²) in [6.07, 6.45) is -0.835. The van der Waals surface area contributed by atoms with Crippen molar-refractivity contribution in [3.8, 4) is 5.75 Å². The van der Waals surface area contributed by atoms with Crippen molar-refractivity contribution in [2.24, 2.45) is 0 Å². The number of aliphatic hydroxyl groups excluding tert-OH is 1. The topological polar surface area (TPSA) is 29.5 Å². The van der Waals surface area contributed by atoms with Gasteiger partial charge in [-0.25, -0.2) is 0 Å². The molecule has 2 aromatic rings. The maximum absolute atomic E-state index is 10.5. The van der Waals surface area contributed by atoms with Crippen LogP contribution in [0, 0.1) is 6.92 Å². The monoisotopic (exact) mass is 316 g/mol. The zero-order valence-electron chi connectivity index (χ0n) is 10.6. The average Bonchev–Trinajstić information content (AvgIpc) is 2.70. The van der Waals surface area contributed by atoms with E-state index in [1.54, 1.807) is 6.07 Å². The highest BCUT2D eigenvalue weighted by atomic mass is 35.5. The third kappa shape index (κ3) is 3.23. The van der Waals surface area contributed by atoms with E-state index in [-0.39, 0.29) is 0 Å². The summed E-state index contributed by atoms with van der Waals surface area (Å²) in [5.41, 5.74) is 2.37. The van der Waals surface area contributed by atoms with Gasteiger partial charge in [0.2, 0.25) is 0 Å². The Morgan fingerprint density at radius 2 is 2.00 bits per heavy atom. The van der Waals surface area contributed by atoms with Gasteiger partial charge in [-0.3, -0.25) is 0 Å². The van der Waals surface area contributed by atoms with E-state index in [0.717, 1.165) is 5.56 Å². The molecule has 1 aromatic carbocycles. The molecule has 0 aliphatic carbocycles. The van der Waals surface area contributed by atoms with Crippen molar-refractivity contribution in [3.63, 3.8) is 0 Å². The van der Waals surface area contributed by atoms with Gasteiger partial charge in [0.1, 0.15) is 16.2 Å². The predicted molar refractivity (Wildman–Crippen MR) is 80.7 cm³/mol. The van der Waals surface area contributed by atoms with Gasteiger partial charge in [0, 0.05) is 11.1 Å². The minimum Gasteiger partial charge on any atom is -0.493 e. The lowest BCUT2D eigenvalue weighted by molar-refractivity contribution is 0.212. The summed E-state index contributed by atoms with van der Waals surface area (Å²) in [6, 6.07) is 7.40. The number of rotatable bonds is 4. The quantitative estimate of drug-likeness (QED) is 0.874. The largest absolute Gasteiger partial charge is 0.493 e. The summed E-state index contributed by atoms with van der Waals surface area (Å²) >= 11 is 13.3. The highest BCUT2D eigenvalue weighted by Gasteiger charge is 2.20. The van der Waals surface area contributed by atoms with Crippen LogP contribution in [0.5, 0.6) is 5.75 Å². The number of hydrogen-bond acceptors (Lipinski definition) is 3. The van der Waals surface area contributed by atoms with Gasteiger partial charge in [0.25, 0.3) is 0 Å². The van der Waals surface area contributed by atoms with Crippen LogP contribution in [-0.4, -0.2) is 11.7 Å². The predicted octanol–water partition coefficient (Wildman–Crippen LogP) is 4.84. The number of benzene rings is 1. The normalized spacial score (nSPS) is 12.5. The van der Waals surface area contributed by atoms with Crippen LogP contribution in [0.3, 0.4) is 0 Å². The molecule has 0 radical (unpaired) electrons. The van der Waals surface area contributed by atoms with Crippen molar-refractivity contribution >= 4 is 34.5 Å². The molecule has 0 bridgehead atoms. The Labute approximate surface area is 126 Å². The molecule has 1 aromatic heterocycles. The maximum atomic E-state index is 10.5.